The monoisotopic (exact) mass is 268 g/mol. The molecule has 19 heavy (non-hydrogen) atoms. The molecule has 2 unspecified atom stereocenters. The topological polar surface area (TPSA) is 15.3 Å². The van der Waals surface area contributed by atoms with Gasteiger partial charge in [0.25, 0.3) is 0 Å². The van der Waals surface area contributed by atoms with Crippen LogP contribution in [0.5, 0.6) is 0 Å². The molecule has 0 amide bonds. The molecule has 0 aromatic heterocycles. The molecule has 0 bridgehead atoms. The summed E-state index contributed by atoms with van der Waals surface area (Å²) in [5.74, 6) is 0. The smallest absolute Gasteiger partial charge is 0.0254 e. The molecular weight excluding hydrogens is 232 g/mol. The fraction of sp³-hybridized carbons (Fsp3) is 1.00. The Morgan fingerprint density at radius 3 is 2.16 bits per heavy atom. The van der Waals surface area contributed by atoms with Crippen molar-refractivity contribution in [2.75, 3.05) is 20.1 Å². The molecule has 0 heterocycles. The summed E-state index contributed by atoms with van der Waals surface area (Å²) in [4.78, 5) is 2.79. The van der Waals surface area contributed by atoms with E-state index in [2.05, 4.69) is 45.0 Å². The first-order chi connectivity index (χ1) is 9.04. The fourth-order valence-corrected chi connectivity index (χ4v) is 3.44. The van der Waals surface area contributed by atoms with Crippen LogP contribution in [-0.2, 0) is 0 Å². The minimum absolute atomic E-state index is 0.523. The number of hydrogen-bond acceptors (Lipinski definition) is 2. The third kappa shape index (κ3) is 5.43. The molecule has 1 N–H and O–H groups in total. The summed E-state index contributed by atoms with van der Waals surface area (Å²) in [7, 11) is 2.15. The van der Waals surface area contributed by atoms with Gasteiger partial charge in [-0.05, 0) is 57.7 Å². The van der Waals surface area contributed by atoms with E-state index < -0.39 is 0 Å². The molecule has 0 spiro atoms. The van der Waals surface area contributed by atoms with Crippen molar-refractivity contribution in [3.05, 3.63) is 0 Å². The van der Waals surface area contributed by atoms with E-state index in [1.807, 2.05) is 0 Å². The molecule has 1 aliphatic rings. The van der Waals surface area contributed by atoms with Gasteiger partial charge in [-0.25, -0.2) is 0 Å². The molecule has 1 fully saturated rings. The van der Waals surface area contributed by atoms with Crippen molar-refractivity contribution in [3.63, 3.8) is 0 Å². The van der Waals surface area contributed by atoms with Crippen molar-refractivity contribution in [1.82, 2.24) is 10.2 Å². The highest BCUT2D eigenvalue weighted by atomic mass is 15.2. The van der Waals surface area contributed by atoms with Crippen molar-refractivity contribution in [2.24, 2.45) is 5.41 Å². The van der Waals surface area contributed by atoms with Crippen molar-refractivity contribution in [2.45, 2.75) is 84.7 Å². The highest BCUT2D eigenvalue weighted by Gasteiger charge is 2.36. The summed E-state index contributed by atoms with van der Waals surface area (Å²) >= 11 is 0. The van der Waals surface area contributed by atoms with E-state index in [-0.39, 0.29) is 0 Å². The zero-order chi connectivity index (χ0) is 14.3. The first-order valence-electron chi connectivity index (χ1n) is 8.45. The van der Waals surface area contributed by atoms with E-state index in [0.717, 1.165) is 6.04 Å². The average molecular weight is 268 g/mol. The van der Waals surface area contributed by atoms with Crippen molar-refractivity contribution >= 4 is 0 Å². The molecule has 0 aromatic carbocycles. The van der Waals surface area contributed by atoms with Crippen molar-refractivity contribution in [3.8, 4) is 0 Å². The van der Waals surface area contributed by atoms with Crippen LogP contribution in [0.3, 0.4) is 0 Å². The molecule has 2 heteroatoms. The maximum atomic E-state index is 3.58. The molecule has 0 radical (unpaired) electrons. The summed E-state index contributed by atoms with van der Waals surface area (Å²) in [6.07, 6.45) is 9.36. The Morgan fingerprint density at radius 2 is 1.68 bits per heavy atom. The lowest BCUT2D eigenvalue weighted by Crippen LogP contribution is -2.54. The van der Waals surface area contributed by atoms with Gasteiger partial charge >= 0.3 is 0 Å². The van der Waals surface area contributed by atoms with Crippen LogP contribution < -0.4 is 5.32 Å². The second-order valence-electron chi connectivity index (χ2n) is 7.11. The number of likely N-dealkylation sites (N-methyl/N-ethyl adjacent to an activating group) is 1. The lowest BCUT2D eigenvalue weighted by atomic mass is 9.72. The average Bonchev–Trinajstić information content (AvgIpc) is 2.38. The summed E-state index contributed by atoms with van der Waals surface area (Å²) in [6.45, 7) is 12.1. The summed E-state index contributed by atoms with van der Waals surface area (Å²) < 4.78 is 0. The second-order valence-corrected chi connectivity index (χ2v) is 7.11. The van der Waals surface area contributed by atoms with Crippen LogP contribution in [0, 0.1) is 5.41 Å². The van der Waals surface area contributed by atoms with Gasteiger partial charge in [-0.3, -0.25) is 4.90 Å². The van der Waals surface area contributed by atoms with E-state index in [1.54, 1.807) is 0 Å². The first-order valence-corrected chi connectivity index (χ1v) is 8.45. The molecule has 2 atom stereocenters. The predicted molar refractivity (Wildman–Crippen MR) is 85.7 cm³/mol. The minimum Gasteiger partial charge on any atom is -0.315 e. The third-order valence-electron chi connectivity index (χ3n) is 4.80. The SMILES string of the molecule is CCCCN(CCCC)C1CC(C)(C)CCC1NC. The van der Waals surface area contributed by atoms with Crippen LogP contribution in [0.2, 0.25) is 0 Å². The van der Waals surface area contributed by atoms with Gasteiger partial charge in [0.2, 0.25) is 0 Å². The van der Waals surface area contributed by atoms with E-state index in [9.17, 15) is 0 Å². The first kappa shape index (κ1) is 17.0. The van der Waals surface area contributed by atoms with Crippen LogP contribution in [0.25, 0.3) is 0 Å². The van der Waals surface area contributed by atoms with Gasteiger partial charge in [-0.2, -0.15) is 0 Å². The molecule has 0 saturated heterocycles. The number of rotatable bonds is 8. The van der Waals surface area contributed by atoms with Gasteiger partial charge < -0.3 is 5.32 Å². The highest BCUT2D eigenvalue weighted by Crippen LogP contribution is 2.37. The zero-order valence-corrected chi connectivity index (χ0v) is 14.0. The van der Waals surface area contributed by atoms with Crippen molar-refractivity contribution < 1.29 is 0 Å². The number of hydrogen-bond donors (Lipinski definition) is 1. The van der Waals surface area contributed by atoms with Gasteiger partial charge in [0.1, 0.15) is 0 Å². The quantitative estimate of drug-likeness (QED) is 0.714. The fourth-order valence-electron chi connectivity index (χ4n) is 3.44. The van der Waals surface area contributed by atoms with Gasteiger partial charge in [-0.1, -0.05) is 40.5 Å². The summed E-state index contributed by atoms with van der Waals surface area (Å²) in [5.41, 5.74) is 0.523. The van der Waals surface area contributed by atoms with Crippen LogP contribution >= 0.6 is 0 Å². The van der Waals surface area contributed by atoms with E-state index in [4.69, 9.17) is 0 Å². The molecule has 0 aliphatic heterocycles. The van der Waals surface area contributed by atoms with Crippen LogP contribution in [0.4, 0.5) is 0 Å². The highest BCUT2D eigenvalue weighted by molar-refractivity contribution is 4.94. The Hall–Kier alpha value is -0.0800. The van der Waals surface area contributed by atoms with E-state index >= 15 is 0 Å². The zero-order valence-electron chi connectivity index (χ0n) is 14.0. The second kappa shape index (κ2) is 8.26. The number of unbranched alkanes of at least 4 members (excludes halogenated alkanes) is 2. The largest absolute Gasteiger partial charge is 0.315 e. The lowest BCUT2D eigenvalue weighted by Gasteiger charge is -2.46. The molecule has 2 nitrogen and oxygen atoms in total. The number of nitrogens with zero attached hydrogens (tertiary/aromatic N) is 1. The van der Waals surface area contributed by atoms with Gasteiger partial charge in [-0.15, -0.1) is 0 Å². The van der Waals surface area contributed by atoms with Crippen LogP contribution in [0.1, 0.15) is 72.6 Å². The Labute approximate surface area is 121 Å². The molecule has 1 saturated carbocycles. The maximum Gasteiger partial charge on any atom is 0.0254 e. The summed E-state index contributed by atoms with van der Waals surface area (Å²) in [6, 6.07) is 1.44. The maximum absolute atomic E-state index is 3.58. The Morgan fingerprint density at radius 1 is 1.11 bits per heavy atom. The third-order valence-corrected chi connectivity index (χ3v) is 4.80. The van der Waals surface area contributed by atoms with E-state index in [0.29, 0.717) is 11.5 Å². The van der Waals surface area contributed by atoms with Gasteiger partial charge in [0.05, 0.1) is 0 Å². The summed E-state index contributed by atoms with van der Waals surface area (Å²) in [5, 5.41) is 3.58. The van der Waals surface area contributed by atoms with E-state index in [1.165, 1.54) is 58.0 Å². The Kier molecular flexibility index (Phi) is 7.38. The van der Waals surface area contributed by atoms with Crippen LogP contribution in [-0.4, -0.2) is 37.1 Å². The van der Waals surface area contributed by atoms with Gasteiger partial charge in [0.15, 0.2) is 0 Å². The lowest BCUT2D eigenvalue weighted by molar-refractivity contribution is 0.0652. The van der Waals surface area contributed by atoms with Crippen LogP contribution in [0.15, 0.2) is 0 Å². The molecule has 1 aliphatic carbocycles. The minimum atomic E-state index is 0.523. The number of nitrogens with one attached hydrogen (secondary N) is 1. The normalized spacial score (nSPS) is 26.8. The Balaban J connectivity index is 2.69. The standard InChI is InChI=1S/C17H36N2/c1-6-8-12-19(13-9-7-2)16-14-17(3,4)11-10-15(16)18-5/h15-16,18H,6-14H2,1-5H3. The molecule has 1 rings (SSSR count). The Bertz CT molecular complexity index is 229. The van der Waals surface area contributed by atoms with Crippen molar-refractivity contribution in [1.29, 1.82) is 0 Å². The predicted octanol–water partition coefficient (Wildman–Crippen LogP) is 4.06. The molecular formula is C17H36N2. The molecule has 0 aromatic rings. The van der Waals surface area contributed by atoms with Gasteiger partial charge in [0, 0.05) is 12.1 Å². The molecule has 114 valence electrons.